The molecule has 0 atom stereocenters. The largest absolute Gasteiger partial charge is 0.508 e. The van der Waals surface area contributed by atoms with Crippen molar-refractivity contribution < 1.29 is 15.0 Å². The molecule has 0 spiro atoms. The summed E-state index contributed by atoms with van der Waals surface area (Å²) in [5, 5.41) is 24.7. The molecule has 0 bridgehead atoms. The number of benzene rings is 1. The van der Waals surface area contributed by atoms with Crippen molar-refractivity contribution in [1.29, 1.82) is 5.41 Å². The number of rotatable bonds is 18. The van der Waals surface area contributed by atoms with E-state index in [-0.39, 0.29) is 11.7 Å². The number of aromatic hydroxyl groups is 1. The van der Waals surface area contributed by atoms with Gasteiger partial charge in [0.25, 0.3) is 0 Å². The Bertz CT molecular complexity index is 650. The number of phenols is 1. The Balaban J connectivity index is 0.000000676. The summed E-state index contributed by atoms with van der Waals surface area (Å²) in [6.07, 6.45) is 21.2. The monoisotopic (exact) mass is 462 g/mol. The number of phenolic OH excluding ortho intramolecular Hbond substituents is 1. The van der Waals surface area contributed by atoms with Crippen molar-refractivity contribution in [2.24, 2.45) is 5.73 Å². The fourth-order valence-corrected chi connectivity index (χ4v) is 3.24. The van der Waals surface area contributed by atoms with Gasteiger partial charge in [0.2, 0.25) is 0 Å². The molecule has 0 aliphatic heterocycles. The molecule has 7 N–H and O–H groups in total. The van der Waals surface area contributed by atoms with Gasteiger partial charge >= 0.3 is 5.97 Å². The van der Waals surface area contributed by atoms with E-state index in [4.69, 9.17) is 16.2 Å². The molecular formula is C26H46N4O3. The molecular weight excluding hydrogens is 416 g/mol. The predicted molar refractivity (Wildman–Crippen MR) is 137 cm³/mol. The lowest BCUT2D eigenvalue weighted by Crippen LogP contribution is -2.41. The molecule has 33 heavy (non-hydrogen) atoms. The van der Waals surface area contributed by atoms with Gasteiger partial charge in [-0.3, -0.25) is 15.6 Å². The Morgan fingerprint density at radius 1 is 0.939 bits per heavy atom. The number of carbonyl (C=O) groups is 1. The zero-order valence-electron chi connectivity index (χ0n) is 20.5. The fourth-order valence-electron chi connectivity index (χ4n) is 3.24. The maximum Gasteiger partial charge on any atom is 0.303 e. The molecule has 0 fully saturated rings. The SMILES string of the molecule is CCCCCCCC/C=C\CCCCCCCC(=O)O.N=C(N)NNCc1ccccc1O. The van der Waals surface area contributed by atoms with Gasteiger partial charge in [-0.15, -0.1) is 0 Å². The molecule has 0 aliphatic rings. The van der Waals surface area contributed by atoms with Crippen molar-refractivity contribution >= 4 is 11.9 Å². The van der Waals surface area contributed by atoms with Gasteiger partial charge in [0.05, 0.1) is 0 Å². The topological polar surface area (TPSA) is 131 Å². The number of carboxylic acids is 1. The zero-order valence-corrected chi connectivity index (χ0v) is 20.5. The molecule has 0 saturated carbocycles. The van der Waals surface area contributed by atoms with E-state index in [1.807, 2.05) is 6.07 Å². The van der Waals surface area contributed by atoms with Crippen LogP contribution in [0.4, 0.5) is 0 Å². The third-order valence-corrected chi connectivity index (χ3v) is 5.15. The van der Waals surface area contributed by atoms with Gasteiger partial charge in [-0.05, 0) is 38.2 Å². The van der Waals surface area contributed by atoms with E-state index in [2.05, 4.69) is 29.9 Å². The number of hydrogen-bond acceptors (Lipinski definition) is 4. The molecule has 0 unspecified atom stereocenters. The van der Waals surface area contributed by atoms with Gasteiger partial charge in [-0.1, -0.05) is 88.6 Å². The second kappa shape index (κ2) is 22.6. The van der Waals surface area contributed by atoms with Crippen LogP contribution in [0, 0.1) is 5.41 Å². The predicted octanol–water partition coefficient (Wildman–Crippen LogP) is 5.99. The van der Waals surface area contributed by atoms with E-state index in [1.54, 1.807) is 18.2 Å². The van der Waals surface area contributed by atoms with E-state index in [0.717, 1.165) is 18.4 Å². The quantitative estimate of drug-likeness (QED) is 0.0522. The Hall–Kier alpha value is -2.54. The number of para-hydroxylation sites is 1. The number of carboxylic acid groups (broad SMARTS) is 1. The first-order chi connectivity index (χ1) is 16.0. The second-order valence-corrected chi connectivity index (χ2v) is 8.25. The highest BCUT2D eigenvalue weighted by Gasteiger charge is 1.98. The molecule has 7 nitrogen and oxygen atoms in total. The standard InChI is InChI=1S/C18H34O2.C8H12N4O/c1-2-3-4-5-6-7-8-9-10-11-12-13-14-15-16-17-18(19)20;9-8(10)12-11-5-6-3-1-2-4-7(6)13/h9-10H,2-8,11-17H2,1H3,(H,19,20);1-4,11,13H,5H2,(H4,9,10,12)/b10-9-;. The van der Waals surface area contributed by atoms with Crippen LogP contribution in [0.5, 0.6) is 5.75 Å². The van der Waals surface area contributed by atoms with Crippen LogP contribution in [0.3, 0.4) is 0 Å². The minimum atomic E-state index is -0.664. The van der Waals surface area contributed by atoms with Crippen molar-refractivity contribution in [3.8, 4) is 5.75 Å². The minimum Gasteiger partial charge on any atom is -0.508 e. The number of unbranched alkanes of at least 4 members (excludes halogenated alkanes) is 11. The zero-order chi connectivity index (χ0) is 24.6. The van der Waals surface area contributed by atoms with Crippen LogP contribution < -0.4 is 16.6 Å². The van der Waals surface area contributed by atoms with E-state index >= 15 is 0 Å². The lowest BCUT2D eigenvalue weighted by atomic mass is 10.1. The van der Waals surface area contributed by atoms with Gasteiger partial charge < -0.3 is 15.9 Å². The highest BCUT2D eigenvalue weighted by atomic mass is 16.4. The average Bonchev–Trinajstić information content (AvgIpc) is 2.78. The molecule has 0 aliphatic carbocycles. The van der Waals surface area contributed by atoms with Crippen molar-refractivity contribution in [2.75, 3.05) is 0 Å². The number of guanidine groups is 1. The number of hydrazine groups is 1. The van der Waals surface area contributed by atoms with Crippen LogP contribution in [-0.4, -0.2) is 22.1 Å². The maximum absolute atomic E-state index is 10.3. The molecule has 1 rings (SSSR count). The molecule has 188 valence electrons. The Morgan fingerprint density at radius 2 is 1.48 bits per heavy atom. The molecule has 7 heteroatoms. The van der Waals surface area contributed by atoms with Crippen LogP contribution >= 0.6 is 0 Å². The first-order valence-electron chi connectivity index (χ1n) is 12.4. The summed E-state index contributed by atoms with van der Waals surface area (Å²) in [6, 6.07) is 6.96. The fraction of sp³-hybridized carbons (Fsp3) is 0.615. The van der Waals surface area contributed by atoms with Crippen molar-refractivity contribution in [3.63, 3.8) is 0 Å². The summed E-state index contributed by atoms with van der Waals surface area (Å²) in [7, 11) is 0. The summed E-state index contributed by atoms with van der Waals surface area (Å²) in [5.41, 5.74) is 10.9. The number of allylic oxidation sites excluding steroid dienone is 2. The Labute approximate surface area is 200 Å². The van der Waals surface area contributed by atoms with Crippen molar-refractivity contribution in [2.45, 2.75) is 103 Å². The average molecular weight is 463 g/mol. The molecule has 0 amide bonds. The number of nitrogens with one attached hydrogen (secondary N) is 3. The highest BCUT2D eigenvalue weighted by molar-refractivity contribution is 5.73. The summed E-state index contributed by atoms with van der Waals surface area (Å²) in [5.74, 6) is -0.599. The van der Waals surface area contributed by atoms with E-state index in [9.17, 15) is 9.90 Å². The maximum atomic E-state index is 10.3. The van der Waals surface area contributed by atoms with E-state index < -0.39 is 5.97 Å². The second-order valence-electron chi connectivity index (χ2n) is 8.25. The summed E-state index contributed by atoms with van der Waals surface area (Å²) < 4.78 is 0. The molecule has 1 aromatic rings. The first kappa shape index (κ1) is 30.5. The van der Waals surface area contributed by atoms with Crippen LogP contribution in [0.15, 0.2) is 36.4 Å². The molecule has 1 aromatic carbocycles. The lowest BCUT2D eigenvalue weighted by Gasteiger charge is -2.07. The third-order valence-electron chi connectivity index (χ3n) is 5.15. The molecule has 0 radical (unpaired) electrons. The summed E-state index contributed by atoms with van der Waals surface area (Å²) >= 11 is 0. The molecule has 0 saturated heterocycles. The Morgan fingerprint density at radius 3 is 2.03 bits per heavy atom. The van der Waals surface area contributed by atoms with Crippen LogP contribution in [-0.2, 0) is 11.3 Å². The van der Waals surface area contributed by atoms with E-state index in [1.165, 1.54) is 70.6 Å². The normalized spacial score (nSPS) is 10.6. The summed E-state index contributed by atoms with van der Waals surface area (Å²) in [6.45, 7) is 2.67. The molecule has 0 heterocycles. The number of aliphatic carboxylic acids is 1. The first-order valence-corrected chi connectivity index (χ1v) is 12.4. The van der Waals surface area contributed by atoms with Gasteiger partial charge in [0.15, 0.2) is 5.96 Å². The van der Waals surface area contributed by atoms with Crippen molar-refractivity contribution in [3.05, 3.63) is 42.0 Å². The van der Waals surface area contributed by atoms with Gasteiger partial charge in [-0.25, -0.2) is 5.43 Å². The minimum absolute atomic E-state index is 0.157. The van der Waals surface area contributed by atoms with Gasteiger partial charge in [0, 0.05) is 18.5 Å². The number of nitrogens with two attached hydrogens (primary N) is 1. The number of hydrogen-bond donors (Lipinski definition) is 6. The van der Waals surface area contributed by atoms with Crippen LogP contribution in [0.2, 0.25) is 0 Å². The van der Waals surface area contributed by atoms with Gasteiger partial charge in [0.1, 0.15) is 5.75 Å². The van der Waals surface area contributed by atoms with Gasteiger partial charge in [-0.2, -0.15) is 0 Å². The van der Waals surface area contributed by atoms with E-state index in [0.29, 0.717) is 13.0 Å². The summed E-state index contributed by atoms with van der Waals surface area (Å²) in [4.78, 5) is 10.3. The molecule has 0 aromatic heterocycles. The Kier molecular flexibility index (Phi) is 20.9. The smallest absolute Gasteiger partial charge is 0.303 e. The highest BCUT2D eigenvalue weighted by Crippen LogP contribution is 2.14. The van der Waals surface area contributed by atoms with Crippen LogP contribution in [0.1, 0.15) is 102 Å². The lowest BCUT2D eigenvalue weighted by molar-refractivity contribution is -0.137. The van der Waals surface area contributed by atoms with Crippen LogP contribution in [0.25, 0.3) is 0 Å². The van der Waals surface area contributed by atoms with Crippen molar-refractivity contribution in [1.82, 2.24) is 10.9 Å². The third kappa shape index (κ3) is 22.4.